The fourth-order valence-corrected chi connectivity index (χ4v) is 4.54. The van der Waals surface area contributed by atoms with Crippen LogP contribution in [0, 0.1) is 19.7 Å². The van der Waals surface area contributed by atoms with Crippen LogP contribution in [-0.2, 0) is 29.1 Å². The number of aliphatic hydroxyl groups is 1. The van der Waals surface area contributed by atoms with Gasteiger partial charge in [-0.2, -0.15) is 0 Å². The second-order valence-corrected chi connectivity index (χ2v) is 7.64. The molecule has 0 saturated carbocycles. The predicted octanol–water partition coefficient (Wildman–Crippen LogP) is 2.83. The van der Waals surface area contributed by atoms with Gasteiger partial charge in [-0.3, -0.25) is 4.79 Å². The standard InChI is InChI=1S/C22H19FN2O4/c1-4-11-13-7-25-17(5-12-14(21(25)27)8-29-22(28)20(12)26)19(13)24-16-6-15(23)9(2)10(3)18(11)16/h5-6,20,26H,4,7-8H2,1-3H3. The van der Waals surface area contributed by atoms with Gasteiger partial charge in [-0.15, -0.1) is 0 Å². The highest BCUT2D eigenvalue weighted by molar-refractivity contribution is 5.91. The molecule has 0 bridgehead atoms. The van der Waals surface area contributed by atoms with E-state index in [1.54, 1.807) is 17.6 Å². The predicted molar refractivity (Wildman–Crippen MR) is 104 cm³/mol. The van der Waals surface area contributed by atoms with Gasteiger partial charge in [-0.25, -0.2) is 14.2 Å². The largest absolute Gasteiger partial charge is 0.458 e. The normalized spacial score (nSPS) is 17.1. The van der Waals surface area contributed by atoms with E-state index in [0.29, 0.717) is 35.4 Å². The summed E-state index contributed by atoms with van der Waals surface area (Å²) in [5, 5.41) is 11.1. The number of ether oxygens (including phenoxy) is 1. The van der Waals surface area contributed by atoms with Crippen LogP contribution in [0.3, 0.4) is 0 Å². The van der Waals surface area contributed by atoms with Crippen molar-refractivity contribution < 1.29 is 19.0 Å². The number of aryl methyl sites for hydroxylation is 2. The molecule has 1 unspecified atom stereocenters. The van der Waals surface area contributed by atoms with Crippen molar-refractivity contribution in [2.75, 3.05) is 0 Å². The summed E-state index contributed by atoms with van der Waals surface area (Å²) in [6, 6.07) is 3.08. The zero-order chi connectivity index (χ0) is 20.6. The lowest BCUT2D eigenvalue weighted by molar-refractivity contribution is -0.157. The molecule has 6 nitrogen and oxygen atoms in total. The van der Waals surface area contributed by atoms with E-state index in [1.807, 2.05) is 13.8 Å². The average Bonchev–Trinajstić information content (AvgIpc) is 3.06. The van der Waals surface area contributed by atoms with Crippen molar-refractivity contribution in [3.63, 3.8) is 0 Å². The molecule has 7 heteroatoms. The molecule has 3 aromatic rings. The van der Waals surface area contributed by atoms with Crippen LogP contribution < -0.4 is 5.56 Å². The van der Waals surface area contributed by atoms with E-state index in [1.165, 1.54) is 6.07 Å². The molecule has 148 valence electrons. The third kappa shape index (κ3) is 2.28. The van der Waals surface area contributed by atoms with Gasteiger partial charge in [0.15, 0.2) is 6.10 Å². The van der Waals surface area contributed by atoms with Crippen LogP contribution in [0.5, 0.6) is 0 Å². The molecule has 29 heavy (non-hydrogen) atoms. The molecule has 1 atom stereocenters. The number of pyridine rings is 2. The number of benzene rings is 1. The van der Waals surface area contributed by atoms with Gasteiger partial charge in [-0.05, 0) is 43.0 Å². The summed E-state index contributed by atoms with van der Waals surface area (Å²) in [5.41, 5.74) is 5.34. The van der Waals surface area contributed by atoms with E-state index in [0.717, 1.165) is 22.1 Å². The summed E-state index contributed by atoms with van der Waals surface area (Å²) in [5.74, 6) is -1.09. The molecule has 0 radical (unpaired) electrons. The Bertz CT molecular complexity index is 1310. The summed E-state index contributed by atoms with van der Waals surface area (Å²) >= 11 is 0. The first-order valence-corrected chi connectivity index (χ1v) is 9.56. The summed E-state index contributed by atoms with van der Waals surface area (Å²) in [6.07, 6.45) is -0.783. The molecule has 0 amide bonds. The highest BCUT2D eigenvalue weighted by Gasteiger charge is 2.34. The van der Waals surface area contributed by atoms with Gasteiger partial charge in [-0.1, -0.05) is 6.92 Å². The van der Waals surface area contributed by atoms with Crippen LogP contribution in [-0.4, -0.2) is 20.6 Å². The summed E-state index contributed by atoms with van der Waals surface area (Å²) < 4.78 is 20.9. The highest BCUT2D eigenvalue weighted by Crippen LogP contribution is 2.39. The summed E-state index contributed by atoms with van der Waals surface area (Å²) in [7, 11) is 0. The first-order chi connectivity index (χ1) is 13.8. The first kappa shape index (κ1) is 18.0. The number of esters is 1. The van der Waals surface area contributed by atoms with Gasteiger partial charge in [0.05, 0.1) is 29.0 Å². The van der Waals surface area contributed by atoms with Crippen LogP contribution in [0.25, 0.3) is 22.3 Å². The Morgan fingerprint density at radius 1 is 1.24 bits per heavy atom. The van der Waals surface area contributed by atoms with E-state index in [4.69, 9.17) is 9.72 Å². The number of fused-ring (bicyclic) bond motifs is 5. The second-order valence-electron chi connectivity index (χ2n) is 7.64. The molecule has 5 rings (SSSR count). The number of aliphatic hydroxyl groups excluding tert-OH is 1. The van der Waals surface area contributed by atoms with Crippen LogP contribution in [0.1, 0.15) is 46.4 Å². The Hall–Kier alpha value is -3.06. The lowest BCUT2D eigenvalue weighted by Crippen LogP contribution is -2.32. The van der Waals surface area contributed by atoms with Crippen molar-refractivity contribution in [1.82, 2.24) is 9.55 Å². The van der Waals surface area contributed by atoms with Crippen molar-refractivity contribution in [3.8, 4) is 11.4 Å². The maximum atomic E-state index is 14.4. The zero-order valence-electron chi connectivity index (χ0n) is 16.3. The Morgan fingerprint density at radius 2 is 2.00 bits per heavy atom. The molecule has 2 aromatic heterocycles. The Labute approximate surface area is 165 Å². The zero-order valence-corrected chi connectivity index (χ0v) is 16.3. The molecular formula is C22H19FN2O4. The number of cyclic esters (lactones) is 1. The van der Waals surface area contributed by atoms with Crippen LogP contribution in [0.2, 0.25) is 0 Å². The fourth-order valence-electron chi connectivity index (χ4n) is 4.54. The molecule has 0 aliphatic carbocycles. The van der Waals surface area contributed by atoms with Gasteiger partial charge >= 0.3 is 5.97 Å². The number of nitrogens with zero attached hydrogens (tertiary/aromatic N) is 2. The minimum atomic E-state index is -1.49. The van der Waals surface area contributed by atoms with E-state index < -0.39 is 12.1 Å². The Morgan fingerprint density at radius 3 is 2.72 bits per heavy atom. The quantitative estimate of drug-likeness (QED) is 0.502. The first-order valence-electron chi connectivity index (χ1n) is 9.56. The summed E-state index contributed by atoms with van der Waals surface area (Å²) in [6.45, 7) is 5.87. The number of hydrogen-bond donors (Lipinski definition) is 1. The third-order valence-corrected chi connectivity index (χ3v) is 6.22. The van der Waals surface area contributed by atoms with Gasteiger partial charge in [0.2, 0.25) is 0 Å². The number of hydrogen-bond acceptors (Lipinski definition) is 5. The monoisotopic (exact) mass is 394 g/mol. The lowest BCUT2D eigenvalue weighted by Gasteiger charge is -2.21. The maximum absolute atomic E-state index is 14.4. The van der Waals surface area contributed by atoms with E-state index in [2.05, 4.69) is 0 Å². The van der Waals surface area contributed by atoms with Gasteiger partial charge in [0, 0.05) is 22.6 Å². The molecule has 1 aromatic carbocycles. The van der Waals surface area contributed by atoms with Gasteiger partial charge in [0.1, 0.15) is 12.4 Å². The lowest BCUT2D eigenvalue weighted by atomic mass is 9.93. The van der Waals surface area contributed by atoms with E-state index in [-0.39, 0.29) is 29.1 Å². The van der Waals surface area contributed by atoms with Crippen LogP contribution in [0.4, 0.5) is 4.39 Å². The van der Waals surface area contributed by atoms with E-state index in [9.17, 15) is 19.1 Å². The molecule has 0 fully saturated rings. The second kappa shape index (κ2) is 5.97. The van der Waals surface area contributed by atoms with Gasteiger partial charge in [0.25, 0.3) is 5.56 Å². The maximum Gasteiger partial charge on any atom is 0.340 e. The van der Waals surface area contributed by atoms with Crippen LogP contribution in [0.15, 0.2) is 16.9 Å². The van der Waals surface area contributed by atoms with Crippen LogP contribution >= 0.6 is 0 Å². The molecule has 0 spiro atoms. The fraction of sp³-hybridized carbons (Fsp3) is 0.318. The smallest absolute Gasteiger partial charge is 0.340 e. The van der Waals surface area contributed by atoms with Crippen molar-refractivity contribution >= 4 is 16.9 Å². The topological polar surface area (TPSA) is 81.4 Å². The number of rotatable bonds is 1. The van der Waals surface area contributed by atoms with Crippen molar-refractivity contribution in [3.05, 3.63) is 61.7 Å². The molecule has 2 aliphatic rings. The molecular weight excluding hydrogens is 375 g/mol. The Balaban J connectivity index is 1.86. The summed E-state index contributed by atoms with van der Waals surface area (Å²) in [4.78, 5) is 29.5. The SMILES string of the molecule is CCc1c2c(nc3cc(F)c(C)c(C)c13)-c1cc3c(c(=O)n1C2)COC(=O)C3O. The number of halogens is 1. The number of carbonyl (C=O) groups excluding carboxylic acids is 1. The average molecular weight is 394 g/mol. The van der Waals surface area contributed by atoms with Crippen molar-refractivity contribution in [2.24, 2.45) is 0 Å². The molecule has 4 heterocycles. The Kier molecular flexibility index (Phi) is 3.70. The molecule has 2 aliphatic heterocycles. The van der Waals surface area contributed by atoms with E-state index >= 15 is 0 Å². The van der Waals surface area contributed by atoms with Gasteiger partial charge < -0.3 is 14.4 Å². The molecule has 1 N–H and O–H groups in total. The number of carbonyl (C=O) groups is 1. The molecule has 0 saturated heterocycles. The minimum Gasteiger partial charge on any atom is -0.458 e. The third-order valence-electron chi connectivity index (χ3n) is 6.22. The van der Waals surface area contributed by atoms with Crippen molar-refractivity contribution in [1.29, 1.82) is 0 Å². The van der Waals surface area contributed by atoms with Crippen molar-refractivity contribution in [2.45, 2.75) is 46.4 Å². The highest BCUT2D eigenvalue weighted by atomic mass is 19.1. The minimum absolute atomic E-state index is 0.153. The number of aromatic nitrogens is 2.